The first-order valence-corrected chi connectivity index (χ1v) is 6.82. The van der Waals surface area contributed by atoms with Crippen LogP contribution in [0, 0.1) is 0 Å². The van der Waals surface area contributed by atoms with Crippen LogP contribution in [0.15, 0.2) is 0 Å². The van der Waals surface area contributed by atoms with Crippen LogP contribution in [0.25, 0.3) is 0 Å². The molecule has 4 heteroatoms. The molecule has 2 unspecified atom stereocenters. The van der Waals surface area contributed by atoms with Crippen LogP contribution >= 0.6 is 11.6 Å². The second-order valence-electron chi connectivity index (χ2n) is 5.02. The van der Waals surface area contributed by atoms with E-state index in [9.17, 15) is 0 Å². The first-order chi connectivity index (χ1) is 8.24. The second-order valence-corrected chi connectivity index (χ2v) is 5.38. The summed E-state index contributed by atoms with van der Waals surface area (Å²) in [5.74, 6) is 0.792. The summed E-state index contributed by atoms with van der Waals surface area (Å²) in [5.41, 5.74) is 2.31. The van der Waals surface area contributed by atoms with Gasteiger partial charge in [0.15, 0.2) is 5.82 Å². The van der Waals surface area contributed by atoms with E-state index in [0.717, 1.165) is 42.8 Å². The number of aryl methyl sites for hydroxylation is 1. The standard InChI is InChI=1S/C13H17ClN2O/c1-8-6-7-11(17-8)13-15-10-5-3-2-4-9(10)12(14)16-13/h8,11H,2-7H2,1H3. The van der Waals surface area contributed by atoms with Crippen LogP contribution in [-0.2, 0) is 17.6 Å². The summed E-state index contributed by atoms with van der Waals surface area (Å²) in [7, 11) is 0. The fourth-order valence-corrected chi connectivity index (χ4v) is 2.99. The number of fused-ring (bicyclic) bond motifs is 1. The van der Waals surface area contributed by atoms with Crippen LogP contribution in [-0.4, -0.2) is 16.1 Å². The topological polar surface area (TPSA) is 35.0 Å². The zero-order chi connectivity index (χ0) is 11.8. The molecule has 0 N–H and O–H groups in total. The molecule has 1 aliphatic heterocycles. The summed E-state index contributed by atoms with van der Waals surface area (Å²) in [5, 5.41) is 0.646. The maximum absolute atomic E-state index is 6.26. The van der Waals surface area contributed by atoms with Crippen molar-refractivity contribution in [1.82, 2.24) is 9.97 Å². The highest BCUT2D eigenvalue weighted by atomic mass is 35.5. The van der Waals surface area contributed by atoms with Crippen LogP contribution in [0.5, 0.6) is 0 Å². The number of hydrogen-bond acceptors (Lipinski definition) is 3. The fraction of sp³-hybridized carbons (Fsp3) is 0.692. The lowest BCUT2D eigenvalue weighted by atomic mass is 9.97. The van der Waals surface area contributed by atoms with E-state index in [0.29, 0.717) is 11.3 Å². The summed E-state index contributed by atoms with van der Waals surface area (Å²) in [6.07, 6.45) is 6.93. The number of ether oxygens (including phenoxy) is 1. The molecule has 1 aromatic heterocycles. The lowest BCUT2D eigenvalue weighted by Gasteiger charge is -2.18. The van der Waals surface area contributed by atoms with E-state index in [2.05, 4.69) is 16.9 Å². The predicted molar refractivity (Wildman–Crippen MR) is 66.2 cm³/mol. The van der Waals surface area contributed by atoms with Crippen molar-refractivity contribution in [3.05, 3.63) is 22.2 Å². The van der Waals surface area contributed by atoms with Gasteiger partial charge in [0.2, 0.25) is 0 Å². The number of rotatable bonds is 1. The van der Waals surface area contributed by atoms with E-state index in [4.69, 9.17) is 16.3 Å². The maximum atomic E-state index is 6.26. The van der Waals surface area contributed by atoms with Gasteiger partial charge < -0.3 is 4.74 Å². The van der Waals surface area contributed by atoms with Gasteiger partial charge in [-0.2, -0.15) is 0 Å². The third-order valence-electron chi connectivity index (χ3n) is 3.67. The monoisotopic (exact) mass is 252 g/mol. The van der Waals surface area contributed by atoms with Crippen LogP contribution in [0.3, 0.4) is 0 Å². The van der Waals surface area contributed by atoms with Gasteiger partial charge in [-0.05, 0) is 45.4 Å². The summed E-state index contributed by atoms with van der Waals surface area (Å²) in [6.45, 7) is 2.10. The van der Waals surface area contributed by atoms with Gasteiger partial charge in [0, 0.05) is 11.3 Å². The van der Waals surface area contributed by atoms with Gasteiger partial charge in [-0.25, -0.2) is 9.97 Å². The van der Waals surface area contributed by atoms with Gasteiger partial charge in [-0.3, -0.25) is 0 Å². The molecule has 0 aromatic carbocycles. The van der Waals surface area contributed by atoms with Crippen LogP contribution in [0.2, 0.25) is 5.15 Å². The van der Waals surface area contributed by atoms with Crippen molar-refractivity contribution in [2.45, 2.75) is 57.7 Å². The highest BCUT2D eigenvalue weighted by Gasteiger charge is 2.27. The molecule has 1 aromatic rings. The number of aromatic nitrogens is 2. The first kappa shape index (κ1) is 11.4. The SMILES string of the molecule is CC1CCC(c2nc(Cl)c3c(n2)CCCC3)O1. The van der Waals surface area contributed by atoms with Gasteiger partial charge in [0.1, 0.15) is 11.3 Å². The molecular formula is C13H17ClN2O. The molecule has 1 aliphatic carbocycles. The molecule has 17 heavy (non-hydrogen) atoms. The Balaban J connectivity index is 1.93. The van der Waals surface area contributed by atoms with Crippen molar-refractivity contribution in [3.63, 3.8) is 0 Å². The van der Waals surface area contributed by atoms with E-state index < -0.39 is 0 Å². The molecule has 2 heterocycles. The Morgan fingerprint density at radius 1 is 1.18 bits per heavy atom. The summed E-state index contributed by atoms with van der Waals surface area (Å²) in [6, 6.07) is 0. The highest BCUT2D eigenvalue weighted by molar-refractivity contribution is 6.30. The van der Waals surface area contributed by atoms with Crippen LogP contribution < -0.4 is 0 Å². The van der Waals surface area contributed by atoms with E-state index >= 15 is 0 Å². The largest absolute Gasteiger partial charge is 0.367 e. The van der Waals surface area contributed by atoms with Gasteiger partial charge in [-0.15, -0.1) is 0 Å². The minimum absolute atomic E-state index is 0.0507. The Labute approximate surface area is 107 Å². The Kier molecular flexibility index (Phi) is 3.05. The zero-order valence-electron chi connectivity index (χ0n) is 10.1. The first-order valence-electron chi connectivity index (χ1n) is 6.44. The number of hydrogen-bond donors (Lipinski definition) is 0. The fourth-order valence-electron chi connectivity index (χ4n) is 2.70. The Bertz CT molecular complexity index is 436. The Hall–Kier alpha value is -0.670. The average molecular weight is 253 g/mol. The molecule has 0 radical (unpaired) electrons. The third kappa shape index (κ3) is 2.18. The normalized spacial score (nSPS) is 28.1. The van der Waals surface area contributed by atoms with E-state index in [-0.39, 0.29) is 6.10 Å². The van der Waals surface area contributed by atoms with Gasteiger partial charge in [0.25, 0.3) is 0 Å². The minimum Gasteiger partial charge on any atom is -0.367 e. The van der Waals surface area contributed by atoms with Crippen molar-refractivity contribution < 1.29 is 4.74 Å². The average Bonchev–Trinajstić information content (AvgIpc) is 2.76. The van der Waals surface area contributed by atoms with Gasteiger partial charge >= 0.3 is 0 Å². The number of halogens is 1. The smallest absolute Gasteiger partial charge is 0.159 e. The van der Waals surface area contributed by atoms with E-state index in [1.807, 2.05) is 0 Å². The van der Waals surface area contributed by atoms with Crippen molar-refractivity contribution >= 4 is 11.6 Å². The number of nitrogens with zero attached hydrogens (tertiary/aromatic N) is 2. The molecule has 0 spiro atoms. The molecule has 3 nitrogen and oxygen atoms in total. The lowest BCUT2D eigenvalue weighted by Crippen LogP contribution is -2.13. The van der Waals surface area contributed by atoms with Crippen molar-refractivity contribution in [2.24, 2.45) is 0 Å². The second kappa shape index (κ2) is 4.54. The zero-order valence-corrected chi connectivity index (χ0v) is 10.8. The molecular weight excluding hydrogens is 236 g/mol. The summed E-state index contributed by atoms with van der Waals surface area (Å²) < 4.78 is 5.81. The van der Waals surface area contributed by atoms with Crippen LogP contribution in [0.4, 0.5) is 0 Å². The molecule has 0 amide bonds. The van der Waals surface area contributed by atoms with Crippen LogP contribution in [0.1, 0.15) is 55.8 Å². The highest BCUT2D eigenvalue weighted by Crippen LogP contribution is 2.33. The molecule has 3 rings (SSSR count). The Morgan fingerprint density at radius 2 is 2.00 bits per heavy atom. The quantitative estimate of drug-likeness (QED) is 0.720. The molecule has 92 valence electrons. The molecule has 1 saturated heterocycles. The molecule has 2 atom stereocenters. The summed E-state index contributed by atoms with van der Waals surface area (Å²) in [4.78, 5) is 9.10. The van der Waals surface area contributed by atoms with Gasteiger partial charge in [0.05, 0.1) is 6.10 Å². The summed E-state index contributed by atoms with van der Waals surface area (Å²) >= 11 is 6.26. The van der Waals surface area contributed by atoms with Crippen molar-refractivity contribution in [2.75, 3.05) is 0 Å². The Morgan fingerprint density at radius 3 is 2.76 bits per heavy atom. The molecule has 0 saturated carbocycles. The van der Waals surface area contributed by atoms with E-state index in [1.165, 1.54) is 12.8 Å². The molecule has 2 aliphatic rings. The minimum atomic E-state index is 0.0507. The van der Waals surface area contributed by atoms with E-state index in [1.54, 1.807) is 0 Å². The molecule has 0 bridgehead atoms. The molecule has 1 fully saturated rings. The third-order valence-corrected chi connectivity index (χ3v) is 3.98. The maximum Gasteiger partial charge on any atom is 0.159 e. The lowest BCUT2D eigenvalue weighted by molar-refractivity contribution is 0.0501. The predicted octanol–water partition coefficient (Wildman–Crippen LogP) is 3.25. The van der Waals surface area contributed by atoms with Crippen molar-refractivity contribution in [1.29, 1.82) is 0 Å². The van der Waals surface area contributed by atoms with Gasteiger partial charge in [-0.1, -0.05) is 11.6 Å². The van der Waals surface area contributed by atoms with Crippen molar-refractivity contribution in [3.8, 4) is 0 Å².